The fraction of sp³-hybridized carbons (Fsp3) is 0.333. The van der Waals surface area contributed by atoms with Gasteiger partial charge in [0.1, 0.15) is 0 Å². The molecule has 1 N–H and O–H groups in total. The van der Waals surface area contributed by atoms with E-state index in [4.69, 9.17) is 0 Å². The van der Waals surface area contributed by atoms with Gasteiger partial charge in [-0.3, -0.25) is 9.59 Å². The van der Waals surface area contributed by atoms with Crippen molar-refractivity contribution >= 4 is 17.3 Å². The molecule has 0 fully saturated rings. The lowest BCUT2D eigenvalue weighted by atomic mass is 10.0. The maximum Gasteiger partial charge on any atom is 0.255 e. The molecule has 0 aromatic heterocycles. The third-order valence-corrected chi connectivity index (χ3v) is 3.09. The van der Waals surface area contributed by atoms with Crippen molar-refractivity contribution in [1.29, 1.82) is 0 Å². The summed E-state index contributed by atoms with van der Waals surface area (Å²) in [6, 6.07) is 7.45. The molecule has 0 unspecified atom stereocenters. The number of hydrogen-bond donors (Lipinski definition) is 1. The highest BCUT2D eigenvalue weighted by Gasteiger charge is 2.32. The van der Waals surface area contributed by atoms with Gasteiger partial charge in [0, 0.05) is 12.1 Å². The Morgan fingerprint density at radius 1 is 1.17 bits per heavy atom. The number of likely N-dealkylation sites (N-methyl/N-ethyl adjacent to an activating group) is 1. The number of carbonyl (C=O) groups is 2. The first-order valence-electron chi connectivity index (χ1n) is 6.36. The van der Waals surface area contributed by atoms with Gasteiger partial charge in [0.25, 0.3) is 5.91 Å². The van der Waals surface area contributed by atoms with Crippen molar-refractivity contribution in [1.82, 2.24) is 5.32 Å². The molecule has 1 amide bonds. The van der Waals surface area contributed by atoms with E-state index < -0.39 is 0 Å². The summed E-state index contributed by atoms with van der Waals surface area (Å²) in [4.78, 5) is 24.3. The second kappa shape index (κ2) is 5.17. The fourth-order valence-electron chi connectivity index (χ4n) is 2.35. The van der Waals surface area contributed by atoms with Crippen molar-refractivity contribution in [2.45, 2.75) is 26.7 Å². The number of ketones is 1. The molecule has 0 saturated heterocycles. The molecule has 18 heavy (non-hydrogen) atoms. The topological polar surface area (TPSA) is 46.2 Å². The smallest absolute Gasteiger partial charge is 0.255 e. The lowest BCUT2D eigenvalue weighted by Gasteiger charge is -2.06. The summed E-state index contributed by atoms with van der Waals surface area (Å²) >= 11 is 0. The van der Waals surface area contributed by atoms with Gasteiger partial charge in [-0.25, -0.2) is 0 Å². The lowest BCUT2D eigenvalue weighted by Crippen LogP contribution is -2.27. The van der Waals surface area contributed by atoms with E-state index in [1.807, 2.05) is 32.0 Å². The highest BCUT2D eigenvalue weighted by Crippen LogP contribution is 2.35. The van der Waals surface area contributed by atoms with Gasteiger partial charge in [-0.05, 0) is 24.5 Å². The minimum absolute atomic E-state index is 0.139. The summed E-state index contributed by atoms with van der Waals surface area (Å²) < 4.78 is 0. The molecule has 2 rings (SSSR count). The van der Waals surface area contributed by atoms with Gasteiger partial charge in [0.05, 0.1) is 5.57 Å². The fourth-order valence-corrected chi connectivity index (χ4v) is 2.35. The zero-order valence-electron chi connectivity index (χ0n) is 10.7. The van der Waals surface area contributed by atoms with E-state index >= 15 is 0 Å². The minimum Gasteiger partial charge on any atom is -0.352 e. The van der Waals surface area contributed by atoms with Crippen molar-refractivity contribution in [3.8, 4) is 0 Å². The Hall–Kier alpha value is -1.90. The normalized spacial score (nSPS) is 13.8. The molecule has 0 bridgehead atoms. The van der Waals surface area contributed by atoms with Crippen molar-refractivity contribution in [2.75, 3.05) is 6.54 Å². The van der Waals surface area contributed by atoms with E-state index in [-0.39, 0.29) is 11.7 Å². The molecule has 0 saturated carbocycles. The molecule has 0 heterocycles. The van der Waals surface area contributed by atoms with Crippen LogP contribution in [-0.4, -0.2) is 18.2 Å². The number of nitrogens with one attached hydrogen (secondary N) is 1. The van der Waals surface area contributed by atoms with E-state index in [1.54, 1.807) is 6.07 Å². The van der Waals surface area contributed by atoms with E-state index in [2.05, 4.69) is 5.32 Å². The first kappa shape index (κ1) is 12.6. The molecular weight excluding hydrogens is 226 g/mol. The Morgan fingerprint density at radius 3 is 2.44 bits per heavy atom. The summed E-state index contributed by atoms with van der Waals surface area (Å²) in [5, 5.41) is 2.72. The molecular formula is C15H17NO2. The van der Waals surface area contributed by atoms with Crippen LogP contribution in [0.4, 0.5) is 0 Å². The van der Waals surface area contributed by atoms with Crippen LogP contribution in [0.5, 0.6) is 0 Å². The summed E-state index contributed by atoms with van der Waals surface area (Å²) in [6.07, 6.45) is 1.68. The second-order valence-electron chi connectivity index (χ2n) is 4.34. The Bertz CT molecular complexity index is 529. The van der Waals surface area contributed by atoms with Gasteiger partial charge in [0.2, 0.25) is 0 Å². The monoisotopic (exact) mass is 243 g/mol. The van der Waals surface area contributed by atoms with Crippen LogP contribution in [0.3, 0.4) is 0 Å². The van der Waals surface area contributed by atoms with E-state index in [0.29, 0.717) is 17.7 Å². The second-order valence-corrected chi connectivity index (χ2v) is 4.34. The molecule has 0 atom stereocenters. The molecule has 1 aromatic carbocycles. The quantitative estimate of drug-likeness (QED) is 0.826. The molecule has 0 radical (unpaired) electrons. The molecule has 94 valence electrons. The number of rotatable bonds is 4. The molecule has 1 aromatic rings. The largest absolute Gasteiger partial charge is 0.352 e. The van der Waals surface area contributed by atoms with Gasteiger partial charge in [-0.1, -0.05) is 37.6 Å². The van der Waals surface area contributed by atoms with Crippen LogP contribution in [0.1, 0.15) is 42.6 Å². The molecule has 1 aliphatic rings. The van der Waals surface area contributed by atoms with Crippen LogP contribution in [0, 0.1) is 0 Å². The van der Waals surface area contributed by atoms with Crippen LogP contribution in [0.2, 0.25) is 0 Å². The summed E-state index contributed by atoms with van der Waals surface area (Å²) in [5.74, 6) is -0.387. The van der Waals surface area contributed by atoms with Gasteiger partial charge in [-0.2, -0.15) is 0 Å². The number of amides is 1. The number of hydrogen-bond acceptors (Lipinski definition) is 2. The highest BCUT2D eigenvalue weighted by molar-refractivity contribution is 6.34. The van der Waals surface area contributed by atoms with Crippen LogP contribution in [0.15, 0.2) is 29.8 Å². The van der Waals surface area contributed by atoms with Gasteiger partial charge in [-0.15, -0.1) is 0 Å². The molecule has 1 aliphatic carbocycles. The maximum atomic E-state index is 12.3. The van der Waals surface area contributed by atoms with Crippen LogP contribution in [-0.2, 0) is 4.79 Å². The van der Waals surface area contributed by atoms with Gasteiger partial charge >= 0.3 is 0 Å². The van der Waals surface area contributed by atoms with Crippen LogP contribution in [0.25, 0.3) is 5.57 Å². The van der Waals surface area contributed by atoms with E-state index in [1.165, 1.54) is 0 Å². The standard InChI is InChI=1S/C15H17NO2/c1-3-7-11-10-8-5-6-9-12(10)14(17)13(11)15(18)16-4-2/h5-6,8-9H,3-4,7H2,1-2H3,(H,16,18). The minimum atomic E-state index is -0.248. The predicted molar refractivity (Wildman–Crippen MR) is 71.3 cm³/mol. The third-order valence-electron chi connectivity index (χ3n) is 3.09. The van der Waals surface area contributed by atoms with E-state index in [0.717, 1.165) is 24.0 Å². The molecule has 0 aliphatic heterocycles. The number of carbonyl (C=O) groups excluding carboxylic acids is 2. The first-order chi connectivity index (χ1) is 8.70. The summed E-state index contributed by atoms with van der Waals surface area (Å²) in [7, 11) is 0. The number of Topliss-reactive ketones (excluding diaryl/α,β-unsaturated/α-hetero) is 1. The van der Waals surface area contributed by atoms with Gasteiger partial charge in [0.15, 0.2) is 5.78 Å². The maximum absolute atomic E-state index is 12.3. The Kier molecular flexibility index (Phi) is 3.60. The number of fused-ring (bicyclic) bond motifs is 1. The number of benzene rings is 1. The van der Waals surface area contributed by atoms with Crippen molar-refractivity contribution in [3.63, 3.8) is 0 Å². The lowest BCUT2D eigenvalue weighted by molar-refractivity contribution is -0.117. The Labute approximate surface area is 107 Å². The molecule has 3 nitrogen and oxygen atoms in total. The average Bonchev–Trinajstić information content (AvgIpc) is 2.65. The molecule has 3 heteroatoms. The average molecular weight is 243 g/mol. The Morgan fingerprint density at radius 2 is 1.83 bits per heavy atom. The van der Waals surface area contributed by atoms with E-state index in [9.17, 15) is 9.59 Å². The first-order valence-corrected chi connectivity index (χ1v) is 6.36. The van der Waals surface area contributed by atoms with Crippen molar-refractivity contribution in [2.24, 2.45) is 0 Å². The zero-order valence-corrected chi connectivity index (χ0v) is 10.7. The van der Waals surface area contributed by atoms with Crippen LogP contribution >= 0.6 is 0 Å². The molecule has 0 spiro atoms. The SMILES string of the molecule is CCCC1=C(C(=O)NCC)C(=O)c2ccccc21. The van der Waals surface area contributed by atoms with Gasteiger partial charge < -0.3 is 5.32 Å². The Balaban J connectivity index is 2.51. The summed E-state index contributed by atoms with van der Waals surface area (Å²) in [6.45, 7) is 4.43. The predicted octanol–water partition coefficient (Wildman–Crippen LogP) is 2.57. The zero-order chi connectivity index (χ0) is 13.1. The van der Waals surface area contributed by atoms with Crippen LogP contribution < -0.4 is 5.32 Å². The summed E-state index contributed by atoms with van der Waals surface area (Å²) in [5.41, 5.74) is 2.80. The van der Waals surface area contributed by atoms with Crippen molar-refractivity contribution in [3.05, 3.63) is 41.0 Å². The third kappa shape index (κ3) is 1.96. The van der Waals surface area contributed by atoms with Crippen molar-refractivity contribution < 1.29 is 9.59 Å². The number of allylic oxidation sites excluding steroid dienone is 1. The highest BCUT2D eigenvalue weighted by atomic mass is 16.2.